The molecular weight excluding hydrogens is 246 g/mol. The molecule has 2 N–H and O–H groups in total. The highest BCUT2D eigenvalue weighted by Gasteiger charge is 2.15. The molecule has 1 aromatic carbocycles. The first-order valence-corrected chi connectivity index (χ1v) is 7.06. The molecule has 0 radical (unpaired) electrons. The third kappa shape index (κ3) is 3.48. The van der Waals surface area contributed by atoms with Gasteiger partial charge in [0.05, 0.1) is 11.4 Å². The first kappa shape index (κ1) is 13.4. The summed E-state index contributed by atoms with van der Waals surface area (Å²) < 4.78 is 0. The van der Waals surface area contributed by atoms with Crippen LogP contribution in [0.25, 0.3) is 0 Å². The number of hydrogen-bond donors (Lipinski definition) is 2. The molecule has 0 atom stereocenters. The van der Waals surface area contributed by atoms with Crippen LogP contribution >= 0.6 is 11.8 Å². The summed E-state index contributed by atoms with van der Waals surface area (Å²) in [7, 11) is 4.04. The van der Waals surface area contributed by atoms with Gasteiger partial charge in [0.15, 0.2) is 0 Å². The molecule has 1 aliphatic rings. The van der Waals surface area contributed by atoms with E-state index >= 15 is 0 Å². The maximum atomic E-state index is 11.3. The molecule has 0 aliphatic carbocycles. The predicted molar refractivity (Wildman–Crippen MR) is 76.1 cm³/mol. The summed E-state index contributed by atoms with van der Waals surface area (Å²) >= 11 is 1.61. The topological polar surface area (TPSA) is 44.4 Å². The smallest absolute Gasteiger partial charge is 0.234 e. The zero-order valence-corrected chi connectivity index (χ0v) is 11.6. The van der Waals surface area contributed by atoms with Crippen molar-refractivity contribution < 1.29 is 4.79 Å². The fraction of sp³-hybridized carbons (Fsp3) is 0.462. The fourth-order valence-corrected chi connectivity index (χ4v) is 2.74. The summed E-state index contributed by atoms with van der Waals surface area (Å²) in [5.74, 6) is 0.619. The van der Waals surface area contributed by atoms with Gasteiger partial charge in [-0.25, -0.2) is 0 Å². The molecule has 0 saturated heterocycles. The molecule has 1 aromatic rings. The van der Waals surface area contributed by atoms with Crippen LogP contribution < -0.4 is 10.6 Å². The predicted octanol–water partition coefficient (Wildman–Crippen LogP) is 1.38. The largest absolute Gasteiger partial charge is 0.324 e. The lowest BCUT2D eigenvalue weighted by Crippen LogP contribution is -2.30. The molecule has 2 rings (SSSR count). The van der Waals surface area contributed by atoms with Crippen LogP contribution in [0, 0.1) is 0 Å². The van der Waals surface area contributed by atoms with Crippen molar-refractivity contribution in [1.29, 1.82) is 0 Å². The fourth-order valence-electron chi connectivity index (χ4n) is 1.95. The second-order valence-electron chi connectivity index (χ2n) is 4.51. The van der Waals surface area contributed by atoms with Crippen LogP contribution in [-0.4, -0.2) is 43.9 Å². The van der Waals surface area contributed by atoms with Crippen molar-refractivity contribution in [3.8, 4) is 0 Å². The van der Waals surface area contributed by atoms with Crippen LogP contribution in [0.4, 0.5) is 5.69 Å². The van der Waals surface area contributed by atoms with Gasteiger partial charge in [-0.15, -0.1) is 11.8 Å². The van der Waals surface area contributed by atoms with Crippen molar-refractivity contribution in [3.63, 3.8) is 0 Å². The van der Waals surface area contributed by atoms with Crippen LogP contribution in [-0.2, 0) is 11.2 Å². The molecule has 18 heavy (non-hydrogen) atoms. The van der Waals surface area contributed by atoms with Gasteiger partial charge < -0.3 is 10.6 Å². The van der Waals surface area contributed by atoms with Crippen LogP contribution in [0.1, 0.15) is 5.56 Å². The van der Waals surface area contributed by atoms with Crippen LogP contribution in [0.3, 0.4) is 0 Å². The number of nitrogens with one attached hydrogen (secondary N) is 2. The average Bonchev–Trinajstić information content (AvgIpc) is 2.36. The first-order chi connectivity index (χ1) is 8.69. The van der Waals surface area contributed by atoms with E-state index in [1.54, 1.807) is 11.8 Å². The van der Waals surface area contributed by atoms with Gasteiger partial charge in [-0.1, -0.05) is 6.07 Å². The third-order valence-electron chi connectivity index (χ3n) is 2.89. The number of thioether (sulfide) groups is 1. The SMILES string of the molecule is CNCN(C)CCc1ccc2c(c1)NC(=O)CS2. The standard InChI is InChI=1S/C13H19N3OS/c1-14-9-16(2)6-5-10-3-4-12-11(7-10)15-13(17)8-18-12/h3-4,7,14H,5-6,8-9H2,1-2H3,(H,15,17). The Labute approximate surface area is 112 Å². The number of amides is 1. The minimum Gasteiger partial charge on any atom is -0.324 e. The quantitative estimate of drug-likeness (QED) is 0.790. The number of nitrogens with zero attached hydrogens (tertiary/aromatic N) is 1. The molecule has 0 spiro atoms. The minimum atomic E-state index is 0.0944. The van der Waals surface area contributed by atoms with E-state index in [1.807, 2.05) is 7.05 Å². The number of benzene rings is 1. The summed E-state index contributed by atoms with van der Waals surface area (Å²) in [5.41, 5.74) is 2.23. The van der Waals surface area contributed by atoms with Crippen molar-refractivity contribution in [2.24, 2.45) is 0 Å². The number of rotatable bonds is 5. The molecule has 98 valence electrons. The van der Waals surface area contributed by atoms with Gasteiger partial charge in [0.1, 0.15) is 0 Å². The van der Waals surface area contributed by atoms with Crippen LogP contribution in [0.15, 0.2) is 23.1 Å². The summed E-state index contributed by atoms with van der Waals surface area (Å²) in [6, 6.07) is 6.34. The molecule has 1 aliphatic heterocycles. The van der Waals surface area contributed by atoms with Crippen molar-refractivity contribution in [3.05, 3.63) is 23.8 Å². The second kappa shape index (κ2) is 6.22. The number of carbonyl (C=O) groups is 1. The van der Waals surface area contributed by atoms with E-state index in [0.717, 1.165) is 25.3 Å². The Kier molecular flexibility index (Phi) is 4.63. The van der Waals surface area contributed by atoms with Gasteiger partial charge in [-0.05, 0) is 38.2 Å². The zero-order chi connectivity index (χ0) is 13.0. The van der Waals surface area contributed by atoms with E-state index in [9.17, 15) is 4.79 Å². The molecule has 0 unspecified atom stereocenters. The van der Waals surface area contributed by atoms with Crippen molar-refractivity contribution in [2.45, 2.75) is 11.3 Å². The first-order valence-electron chi connectivity index (χ1n) is 6.08. The lowest BCUT2D eigenvalue weighted by Gasteiger charge is -2.19. The van der Waals surface area contributed by atoms with E-state index in [2.05, 4.69) is 40.8 Å². The lowest BCUT2D eigenvalue weighted by molar-refractivity contribution is -0.113. The van der Waals surface area contributed by atoms with Gasteiger partial charge >= 0.3 is 0 Å². The molecular formula is C13H19N3OS. The van der Waals surface area contributed by atoms with E-state index in [-0.39, 0.29) is 5.91 Å². The van der Waals surface area contributed by atoms with Crippen molar-refractivity contribution in [2.75, 3.05) is 38.4 Å². The highest BCUT2D eigenvalue weighted by atomic mass is 32.2. The van der Waals surface area contributed by atoms with Crippen molar-refractivity contribution in [1.82, 2.24) is 10.2 Å². The number of anilines is 1. The molecule has 0 fully saturated rings. The Balaban J connectivity index is 1.98. The normalized spacial score (nSPS) is 14.5. The Hall–Kier alpha value is -1.04. The molecule has 0 aromatic heterocycles. The third-order valence-corrected chi connectivity index (χ3v) is 3.96. The van der Waals surface area contributed by atoms with Gasteiger partial charge in [0, 0.05) is 18.1 Å². The zero-order valence-electron chi connectivity index (χ0n) is 10.8. The average molecular weight is 265 g/mol. The van der Waals surface area contributed by atoms with Gasteiger partial charge in [0.25, 0.3) is 0 Å². The maximum Gasteiger partial charge on any atom is 0.234 e. The summed E-state index contributed by atoms with van der Waals surface area (Å²) in [4.78, 5) is 14.7. The minimum absolute atomic E-state index is 0.0944. The summed E-state index contributed by atoms with van der Waals surface area (Å²) in [6.07, 6.45) is 0.992. The monoisotopic (exact) mass is 265 g/mol. The number of hydrogen-bond acceptors (Lipinski definition) is 4. The number of fused-ring (bicyclic) bond motifs is 1. The van der Waals surface area contributed by atoms with Gasteiger partial charge in [-0.2, -0.15) is 0 Å². The maximum absolute atomic E-state index is 11.3. The molecule has 1 amide bonds. The second-order valence-corrected chi connectivity index (χ2v) is 5.53. The Morgan fingerprint density at radius 1 is 1.50 bits per heavy atom. The van der Waals surface area contributed by atoms with Gasteiger partial charge in [0.2, 0.25) is 5.91 Å². The Bertz CT molecular complexity index is 436. The Morgan fingerprint density at radius 3 is 3.11 bits per heavy atom. The van der Waals surface area contributed by atoms with E-state index in [1.165, 1.54) is 10.5 Å². The highest BCUT2D eigenvalue weighted by molar-refractivity contribution is 8.00. The molecule has 0 bridgehead atoms. The van der Waals surface area contributed by atoms with Gasteiger partial charge in [-0.3, -0.25) is 9.69 Å². The van der Waals surface area contributed by atoms with E-state index in [0.29, 0.717) is 5.75 Å². The molecule has 1 heterocycles. The van der Waals surface area contributed by atoms with Crippen LogP contribution in [0.5, 0.6) is 0 Å². The van der Waals surface area contributed by atoms with Crippen molar-refractivity contribution >= 4 is 23.4 Å². The highest BCUT2D eigenvalue weighted by Crippen LogP contribution is 2.31. The van der Waals surface area contributed by atoms with Crippen LogP contribution in [0.2, 0.25) is 0 Å². The summed E-state index contributed by atoms with van der Waals surface area (Å²) in [6.45, 7) is 1.89. The lowest BCUT2D eigenvalue weighted by atomic mass is 10.1. The number of likely N-dealkylation sites (N-methyl/N-ethyl adjacent to an activating group) is 1. The Morgan fingerprint density at radius 2 is 2.33 bits per heavy atom. The molecule has 0 saturated carbocycles. The summed E-state index contributed by atoms with van der Waals surface area (Å²) in [5, 5.41) is 6.05. The molecule has 5 heteroatoms. The van der Waals surface area contributed by atoms with E-state index in [4.69, 9.17) is 0 Å². The van der Waals surface area contributed by atoms with E-state index < -0.39 is 0 Å². The number of carbonyl (C=O) groups excluding carboxylic acids is 1. The molecule has 4 nitrogen and oxygen atoms in total.